The number of thioether (sulfide) groups is 1. The van der Waals surface area contributed by atoms with Gasteiger partial charge in [-0.15, -0.1) is 11.3 Å². The Morgan fingerprint density at radius 1 is 1.10 bits per heavy atom. The van der Waals surface area contributed by atoms with Crippen molar-refractivity contribution in [1.29, 1.82) is 0 Å². The van der Waals surface area contributed by atoms with Gasteiger partial charge in [-0.25, -0.2) is 9.97 Å². The van der Waals surface area contributed by atoms with Gasteiger partial charge in [-0.1, -0.05) is 48.5 Å². The van der Waals surface area contributed by atoms with E-state index in [1.54, 1.807) is 17.7 Å². The zero-order valence-corrected chi connectivity index (χ0v) is 18.6. The average Bonchev–Trinajstić information content (AvgIpc) is 3.31. The van der Waals surface area contributed by atoms with Gasteiger partial charge in [0, 0.05) is 27.4 Å². The molecule has 9 heteroatoms. The zero-order valence-electron chi connectivity index (χ0n) is 16.1. The van der Waals surface area contributed by atoms with Crippen molar-refractivity contribution in [3.8, 4) is 11.4 Å². The molecule has 0 saturated heterocycles. The molecule has 0 fully saturated rings. The van der Waals surface area contributed by atoms with Gasteiger partial charge in [-0.3, -0.25) is 10.1 Å². The van der Waals surface area contributed by atoms with E-state index >= 15 is 0 Å². The third-order valence-corrected chi connectivity index (χ3v) is 7.83. The van der Waals surface area contributed by atoms with Crippen molar-refractivity contribution in [2.45, 2.75) is 37.1 Å². The predicted molar refractivity (Wildman–Crippen MR) is 123 cm³/mol. The topological polar surface area (TPSA) is 80.7 Å². The Morgan fingerprint density at radius 2 is 1.97 bits per heavy atom. The summed E-state index contributed by atoms with van der Waals surface area (Å²) in [4.78, 5) is 28.4. The van der Waals surface area contributed by atoms with Crippen LogP contribution in [0.4, 0.5) is 5.13 Å². The Morgan fingerprint density at radius 3 is 2.87 bits per heavy atom. The second-order valence-corrected chi connectivity index (χ2v) is 9.85. The molecule has 0 spiro atoms. The highest BCUT2D eigenvalue weighted by Crippen LogP contribution is 2.38. The summed E-state index contributed by atoms with van der Waals surface area (Å²) >= 11 is 4.44. The Hall–Kier alpha value is -2.36. The average molecular weight is 454 g/mol. The molecule has 5 rings (SSSR count). The molecule has 3 aromatic heterocycles. The van der Waals surface area contributed by atoms with Crippen LogP contribution in [0, 0.1) is 0 Å². The summed E-state index contributed by atoms with van der Waals surface area (Å²) in [5, 5.41) is 5.42. The highest BCUT2D eigenvalue weighted by atomic mass is 32.2. The van der Waals surface area contributed by atoms with E-state index in [4.69, 9.17) is 0 Å². The molecular formula is C21H19N5OS3. The monoisotopic (exact) mass is 453 g/mol. The van der Waals surface area contributed by atoms with E-state index in [9.17, 15) is 4.79 Å². The van der Waals surface area contributed by atoms with Crippen LogP contribution in [0.2, 0.25) is 0 Å². The maximum Gasteiger partial charge on any atom is 0.236 e. The highest BCUT2D eigenvalue weighted by molar-refractivity contribution is 8.00. The molecule has 1 amide bonds. The Labute approximate surface area is 186 Å². The molecule has 1 aliphatic carbocycles. The van der Waals surface area contributed by atoms with Crippen LogP contribution in [0.25, 0.3) is 21.6 Å². The van der Waals surface area contributed by atoms with Crippen LogP contribution in [0.15, 0.2) is 41.7 Å². The van der Waals surface area contributed by atoms with E-state index in [0.717, 1.165) is 33.6 Å². The number of amides is 1. The third-order valence-electron chi connectivity index (χ3n) is 5.01. The molecule has 30 heavy (non-hydrogen) atoms. The predicted octanol–water partition coefficient (Wildman–Crippen LogP) is 5.21. The van der Waals surface area contributed by atoms with Crippen molar-refractivity contribution in [2.75, 3.05) is 11.1 Å². The van der Waals surface area contributed by atoms with Crippen molar-refractivity contribution >= 4 is 55.9 Å². The first kappa shape index (κ1) is 19.6. The van der Waals surface area contributed by atoms with Crippen LogP contribution in [-0.2, 0) is 17.6 Å². The highest BCUT2D eigenvalue weighted by Gasteiger charge is 2.20. The van der Waals surface area contributed by atoms with Crippen LogP contribution in [-0.4, -0.2) is 31.0 Å². The van der Waals surface area contributed by atoms with Crippen LogP contribution < -0.4 is 5.32 Å². The van der Waals surface area contributed by atoms with Gasteiger partial charge in [0.05, 0.1) is 5.75 Å². The van der Waals surface area contributed by atoms with E-state index in [1.807, 2.05) is 30.3 Å². The van der Waals surface area contributed by atoms with Crippen molar-refractivity contribution < 1.29 is 4.79 Å². The molecule has 1 N–H and O–H groups in total. The molecular weight excluding hydrogens is 434 g/mol. The van der Waals surface area contributed by atoms with Crippen LogP contribution >= 0.6 is 34.6 Å². The lowest BCUT2D eigenvalue weighted by Crippen LogP contribution is -2.14. The normalized spacial score (nSPS) is 13.7. The first-order chi connectivity index (χ1) is 14.8. The first-order valence-electron chi connectivity index (χ1n) is 9.85. The summed E-state index contributed by atoms with van der Waals surface area (Å²) in [5.41, 5.74) is 2.33. The van der Waals surface area contributed by atoms with Gasteiger partial charge in [0.1, 0.15) is 16.2 Å². The van der Waals surface area contributed by atoms with E-state index in [1.165, 1.54) is 53.0 Å². The number of hydrogen-bond donors (Lipinski definition) is 1. The summed E-state index contributed by atoms with van der Waals surface area (Å²) in [5.74, 6) is 0.794. The number of nitrogens with zero attached hydrogens (tertiary/aromatic N) is 4. The number of nitrogens with one attached hydrogen (secondary N) is 1. The number of hydrogen-bond acceptors (Lipinski definition) is 8. The number of carbonyl (C=O) groups is 1. The zero-order chi connectivity index (χ0) is 20.3. The van der Waals surface area contributed by atoms with Crippen molar-refractivity contribution in [2.24, 2.45) is 0 Å². The van der Waals surface area contributed by atoms with Crippen LogP contribution in [0.1, 0.15) is 29.7 Å². The Balaban J connectivity index is 1.28. The lowest BCUT2D eigenvalue weighted by atomic mass is 10.1. The van der Waals surface area contributed by atoms with E-state index in [2.05, 4.69) is 24.6 Å². The number of rotatable bonds is 5. The van der Waals surface area contributed by atoms with Gasteiger partial charge in [-0.2, -0.15) is 9.36 Å². The van der Waals surface area contributed by atoms with Gasteiger partial charge in [0.25, 0.3) is 0 Å². The van der Waals surface area contributed by atoms with Crippen molar-refractivity contribution in [1.82, 2.24) is 19.3 Å². The molecule has 0 saturated carbocycles. The minimum atomic E-state index is -0.108. The summed E-state index contributed by atoms with van der Waals surface area (Å²) in [7, 11) is 0. The lowest BCUT2D eigenvalue weighted by Gasteiger charge is -2.05. The first-order valence-corrected chi connectivity index (χ1v) is 12.4. The molecule has 3 heterocycles. The third kappa shape index (κ3) is 4.10. The number of carbonyl (C=O) groups excluding carboxylic acids is 1. The minimum absolute atomic E-state index is 0.108. The molecule has 0 unspecified atom stereocenters. The second kappa shape index (κ2) is 8.79. The second-order valence-electron chi connectivity index (χ2n) is 7.05. The summed E-state index contributed by atoms with van der Waals surface area (Å²) in [6.07, 6.45) is 7.53. The summed E-state index contributed by atoms with van der Waals surface area (Å²) in [6.45, 7) is 0. The summed E-state index contributed by atoms with van der Waals surface area (Å²) < 4.78 is 4.34. The molecule has 0 aliphatic heterocycles. The fourth-order valence-electron chi connectivity index (χ4n) is 3.62. The minimum Gasteiger partial charge on any atom is -0.300 e. The molecule has 0 bridgehead atoms. The fourth-order valence-corrected chi connectivity index (χ4v) is 6.34. The smallest absolute Gasteiger partial charge is 0.236 e. The number of aryl methyl sites for hydroxylation is 2. The van der Waals surface area contributed by atoms with Gasteiger partial charge in [0.15, 0.2) is 5.82 Å². The molecule has 0 radical (unpaired) electrons. The van der Waals surface area contributed by atoms with Crippen molar-refractivity contribution in [3.63, 3.8) is 0 Å². The van der Waals surface area contributed by atoms with Crippen LogP contribution in [0.3, 0.4) is 0 Å². The van der Waals surface area contributed by atoms with Gasteiger partial charge < -0.3 is 0 Å². The summed E-state index contributed by atoms with van der Waals surface area (Å²) in [6, 6.07) is 9.74. The standard InChI is InChI=1S/C21H19N5OS3/c27-16(24-21-25-18(26-30-21)13-7-3-1-4-8-13)11-28-19-17-14-9-5-2-6-10-15(14)29-20(17)23-12-22-19/h1,3-4,7-8,12H,2,5-6,9-11H2,(H,24,25,26,27). The molecule has 1 aliphatic rings. The number of fused-ring (bicyclic) bond motifs is 3. The number of benzene rings is 1. The van der Waals surface area contributed by atoms with E-state index in [0.29, 0.717) is 11.0 Å². The SMILES string of the molecule is O=C(CSc1ncnc2sc3c(c12)CCCCC3)Nc1nc(-c2ccccc2)ns1. The van der Waals surface area contributed by atoms with Crippen molar-refractivity contribution in [3.05, 3.63) is 47.1 Å². The van der Waals surface area contributed by atoms with Gasteiger partial charge in [-0.05, 0) is 31.2 Å². The Kier molecular flexibility index (Phi) is 5.74. The maximum absolute atomic E-state index is 12.5. The molecule has 4 aromatic rings. The molecule has 1 aromatic carbocycles. The van der Waals surface area contributed by atoms with E-state index < -0.39 is 0 Å². The number of anilines is 1. The molecule has 152 valence electrons. The molecule has 0 atom stereocenters. The Bertz CT molecular complexity index is 1190. The lowest BCUT2D eigenvalue weighted by molar-refractivity contribution is -0.113. The van der Waals surface area contributed by atoms with Gasteiger partial charge >= 0.3 is 0 Å². The number of thiophene rings is 1. The van der Waals surface area contributed by atoms with E-state index in [-0.39, 0.29) is 11.7 Å². The number of aromatic nitrogens is 4. The maximum atomic E-state index is 12.5. The quantitative estimate of drug-likeness (QED) is 0.254. The largest absolute Gasteiger partial charge is 0.300 e. The van der Waals surface area contributed by atoms with Crippen LogP contribution in [0.5, 0.6) is 0 Å². The fraction of sp³-hybridized carbons (Fsp3) is 0.286. The van der Waals surface area contributed by atoms with Gasteiger partial charge in [0.2, 0.25) is 11.0 Å². The molecule has 6 nitrogen and oxygen atoms in total.